The Hall–Kier alpha value is -0.610. The van der Waals surface area contributed by atoms with Gasteiger partial charge in [-0.1, -0.05) is 13.3 Å². The monoisotopic (exact) mass is 205 g/mol. The van der Waals surface area contributed by atoms with Gasteiger partial charge in [0.05, 0.1) is 20.6 Å². The standard InChI is InChI=1S/C10H21NO2.H2O/c1-6-7-8-11(4,5)10(2,3)9(12)13;/h6-8H2,1-5H3;1H2. The summed E-state index contributed by atoms with van der Waals surface area (Å²) in [5.74, 6) is -0.978. The molecule has 0 heterocycles. The Morgan fingerprint density at radius 3 is 2.07 bits per heavy atom. The normalized spacial score (nSPS) is 12.1. The lowest BCUT2D eigenvalue weighted by Gasteiger charge is -2.45. The van der Waals surface area contributed by atoms with E-state index >= 15 is 0 Å². The van der Waals surface area contributed by atoms with Crippen molar-refractivity contribution in [1.29, 1.82) is 0 Å². The Kier molecular flexibility index (Phi) is 6.02. The van der Waals surface area contributed by atoms with Crippen LogP contribution in [0.4, 0.5) is 0 Å². The fraction of sp³-hybridized carbons (Fsp3) is 0.900. The highest BCUT2D eigenvalue weighted by atomic mass is 16.4. The van der Waals surface area contributed by atoms with Crippen LogP contribution < -0.4 is 5.11 Å². The molecule has 0 amide bonds. The van der Waals surface area contributed by atoms with Crippen LogP contribution >= 0.6 is 0 Å². The number of quaternary nitrogens is 1. The van der Waals surface area contributed by atoms with E-state index in [9.17, 15) is 9.90 Å². The average Bonchev–Trinajstić information content (AvgIpc) is 2.00. The van der Waals surface area contributed by atoms with Gasteiger partial charge in [-0.2, -0.15) is 0 Å². The summed E-state index contributed by atoms with van der Waals surface area (Å²) in [7, 11) is 3.87. The first-order valence-corrected chi connectivity index (χ1v) is 4.80. The molecule has 0 saturated carbocycles. The highest BCUT2D eigenvalue weighted by molar-refractivity contribution is 5.73. The maximum atomic E-state index is 10.9. The van der Waals surface area contributed by atoms with Crippen molar-refractivity contribution in [3.63, 3.8) is 0 Å². The molecule has 0 rings (SSSR count). The van der Waals surface area contributed by atoms with E-state index in [2.05, 4.69) is 6.92 Å². The molecule has 2 N–H and O–H groups in total. The summed E-state index contributed by atoms with van der Waals surface area (Å²) in [4.78, 5) is 10.9. The van der Waals surface area contributed by atoms with E-state index in [0.717, 1.165) is 19.4 Å². The number of aliphatic carboxylic acids is 1. The van der Waals surface area contributed by atoms with Crippen molar-refractivity contribution < 1.29 is 19.9 Å². The van der Waals surface area contributed by atoms with Crippen molar-refractivity contribution in [3.8, 4) is 0 Å². The molecule has 0 aliphatic carbocycles. The predicted molar refractivity (Wildman–Crippen MR) is 54.6 cm³/mol. The van der Waals surface area contributed by atoms with Gasteiger partial charge in [0.25, 0.3) is 0 Å². The second-order valence-corrected chi connectivity index (χ2v) is 4.61. The zero-order chi connectivity index (χ0) is 10.7. The molecule has 0 aromatic heterocycles. The molecule has 0 aromatic rings. The Morgan fingerprint density at radius 2 is 1.79 bits per heavy atom. The van der Waals surface area contributed by atoms with E-state index in [1.807, 2.05) is 14.1 Å². The summed E-state index contributed by atoms with van der Waals surface area (Å²) in [6.07, 6.45) is 2.13. The van der Waals surface area contributed by atoms with Gasteiger partial charge in [0.15, 0.2) is 0 Å². The first-order chi connectivity index (χ1) is 5.75. The quantitative estimate of drug-likeness (QED) is 0.571. The lowest BCUT2D eigenvalue weighted by Crippen LogP contribution is -2.64. The molecule has 0 aromatic carbocycles. The van der Waals surface area contributed by atoms with Crippen molar-refractivity contribution in [2.75, 3.05) is 20.6 Å². The van der Waals surface area contributed by atoms with E-state index in [0.29, 0.717) is 4.48 Å². The molecule has 0 radical (unpaired) electrons. The van der Waals surface area contributed by atoms with Crippen molar-refractivity contribution in [3.05, 3.63) is 0 Å². The molecule has 0 saturated heterocycles. The van der Waals surface area contributed by atoms with Crippen molar-refractivity contribution in [2.45, 2.75) is 39.2 Å². The van der Waals surface area contributed by atoms with Gasteiger partial charge in [-0.15, -0.1) is 0 Å². The third kappa shape index (κ3) is 3.27. The molecule has 0 spiro atoms. The summed E-state index contributed by atoms with van der Waals surface area (Å²) in [5.41, 5.74) is -0.810. The Balaban J connectivity index is 0. The van der Waals surface area contributed by atoms with Gasteiger partial charge in [-0.05, 0) is 20.3 Å². The fourth-order valence-corrected chi connectivity index (χ4v) is 1.08. The van der Waals surface area contributed by atoms with E-state index in [-0.39, 0.29) is 5.48 Å². The van der Waals surface area contributed by atoms with Gasteiger partial charge in [-0.3, -0.25) is 0 Å². The molecule has 0 fully saturated rings. The third-order valence-corrected chi connectivity index (χ3v) is 3.08. The predicted octanol–water partition coefficient (Wildman–Crippen LogP) is -0.433. The molecule has 86 valence electrons. The number of carbonyl (C=O) groups is 1. The third-order valence-electron chi connectivity index (χ3n) is 3.08. The minimum atomic E-state index is -0.978. The number of likely N-dealkylation sites (N-methyl/N-ethyl adjacent to an activating group) is 1. The van der Waals surface area contributed by atoms with Gasteiger partial charge < -0.3 is 19.9 Å². The Morgan fingerprint density at radius 1 is 1.36 bits per heavy atom. The number of hydrogen-bond acceptors (Lipinski definition) is 2. The van der Waals surface area contributed by atoms with E-state index < -0.39 is 11.5 Å². The smallest absolute Gasteiger partial charge is 0.133 e. The van der Waals surface area contributed by atoms with Crippen LogP contribution in [-0.2, 0) is 4.79 Å². The van der Waals surface area contributed by atoms with E-state index in [1.165, 1.54) is 0 Å². The molecule has 0 bridgehead atoms. The van der Waals surface area contributed by atoms with E-state index in [4.69, 9.17) is 0 Å². The number of carboxylic acid groups (broad SMARTS) is 1. The lowest BCUT2D eigenvalue weighted by atomic mass is 10.0. The number of carboxylic acids is 1. The Labute approximate surface area is 86.4 Å². The maximum Gasteiger partial charge on any atom is 0.133 e. The number of nitrogens with zero attached hydrogens (tertiary/aromatic N) is 1. The summed E-state index contributed by atoms with van der Waals surface area (Å²) in [5, 5.41) is 10.9. The molecule has 4 heteroatoms. The first kappa shape index (κ1) is 15.8. The molecule has 14 heavy (non-hydrogen) atoms. The maximum absolute atomic E-state index is 10.9. The van der Waals surface area contributed by atoms with Crippen LogP contribution in [0.3, 0.4) is 0 Å². The highest BCUT2D eigenvalue weighted by Crippen LogP contribution is 2.20. The molecule has 0 aliphatic rings. The first-order valence-electron chi connectivity index (χ1n) is 4.80. The molecule has 0 unspecified atom stereocenters. The van der Waals surface area contributed by atoms with Gasteiger partial charge >= 0.3 is 0 Å². The van der Waals surface area contributed by atoms with Crippen LogP contribution in [0.1, 0.15) is 33.6 Å². The summed E-state index contributed by atoms with van der Waals surface area (Å²) in [6, 6.07) is 0. The Bertz CT molecular complexity index is 188. The number of hydrogen-bond donors (Lipinski definition) is 0. The summed E-state index contributed by atoms with van der Waals surface area (Å²) < 4.78 is 0.475. The topological polar surface area (TPSA) is 71.6 Å². The average molecular weight is 205 g/mol. The minimum absolute atomic E-state index is 0. The summed E-state index contributed by atoms with van der Waals surface area (Å²) >= 11 is 0. The molecule has 0 aliphatic heterocycles. The van der Waals surface area contributed by atoms with Crippen LogP contribution in [0.5, 0.6) is 0 Å². The van der Waals surface area contributed by atoms with Crippen LogP contribution in [0.15, 0.2) is 0 Å². The SMILES string of the molecule is CCCC[N+](C)(C)C(C)(C)C(=O)[O-].O. The number of unbranched alkanes of at least 4 members (excludes halogenated alkanes) is 1. The zero-order valence-electron chi connectivity index (χ0n) is 9.89. The number of rotatable bonds is 5. The van der Waals surface area contributed by atoms with Crippen molar-refractivity contribution >= 4 is 5.97 Å². The lowest BCUT2D eigenvalue weighted by molar-refractivity contribution is -0.930. The minimum Gasteiger partial charge on any atom is -0.544 e. The van der Waals surface area contributed by atoms with E-state index in [1.54, 1.807) is 13.8 Å². The molecule has 0 atom stereocenters. The van der Waals surface area contributed by atoms with Gasteiger partial charge in [0.2, 0.25) is 0 Å². The van der Waals surface area contributed by atoms with Crippen LogP contribution in [-0.4, -0.2) is 42.1 Å². The zero-order valence-corrected chi connectivity index (χ0v) is 9.89. The van der Waals surface area contributed by atoms with Crippen LogP contribution in [0, 0.1) is 0 Å². The van der Waals surface area contributed by atoms with Crippen LogP contribution in [0.2, 0.25) is 0 Å². The van der Waals surface area contributed by atoms with Gasteiger partial charge in [0.1, 0.15) is 11.5 Å². The van der Waals surface area contributed by atoms with Crippen molar-refractivity contribution in [1.82, 2.24) is 0 Å². The largest absolute Gasteiger partial charge is 0.544 e. The molecule has 4 nitrogen and oxygen atoms in total. The molecular weight excluding hydrogens is 182 g/mol. The van der Waals surface area contributed by atoms with Gasteiger partial charge in [0, 0.05) is 0 Å². The second-order valence-electron chi connectivity index (χ2n) is 4.61. The number of carbonyl (C=O) groups excluding carboxylic acids is 1. The second kappa shape index (κ2) is 5.32. The highest BCUT2D eigenvalue weighted by Gasteiger charge is 2.37. The van der Waals surface area contributed by atoms with Gasteiger partial charge in [-0.25, -0.2) is 0 Å². The molecular formula is C10H23NO3. The van der Waals surface area contributed by atoms with Crippen molar-refractivity contribution in [2.24, 2.45) is 0 Å². The summed E-state index contributed by atoms with van der Waals surface area (Å²) in [6.45, 7) is 6.42. The fourth-order valence-electron chi connectivity index (χ4n) is 1.08. The van der Waals surface area contributed by atoms with Crippen LogP contribution in [0.25, 0.3) is 0 Å².